The number of nitrogens with zero attached hydrogens (tertiary/aromatic N) is 3. The van der Waals surface area contributed by atoms with Crippen molar-refractivity contribution in [2.24, 2.45) is 5.92 Å². The minimum Gasteiger partial charge on any atom is -0.480 e. The minimum absolute atomic E-state index is 0.159. The fourth-order valence-electron chi connectivity index (χ4n) is 1.83. The van der Waals surface area contributed by atoms with Crippen molar-refractivity contribution >= 4 is 23.2 Å². The lowest BCUT2D eigenvalue weighted by Crippen LogP contribution is -2.41. The van der Waals surface area contributed by atoms with Gasteiger partial charge in [-0.1, -0.05) is 13.8 Å². The zero-order chi connectivity index (χ0) is 16.1. The van der Waals surface area contributed by atoms with E-state index in [-0.39, 0.29) is 11.6 Å². The molecule has 2 aromatic heterocycles. The predicted octanol–water partition coefficient (Wildman–Crippen LogP) is 1.83. The third kappa shape index (κ3) is 4.08. The number of aliphatic carboxylic acids is 1. The van der Waals surface area contributed by atoms with E-state index in [1.54, 1.807) is 24.0 Å². The van der Waals surface area contributed by atoms with E-state index in [1.807, 2.05) is 13.8 Å². The van der Waals surface area contributed by atoms with Gasteiger partial charge in [0.1, 0.15) is 22.4 Å². The van der Waals surface area contributed by atoms with Crippen molar-refractivity contribution in [2.45, 2.75) is 26.3 Å². The van der Waals surface area contributed by atoms with Crippen LogP contribution in [0.4, 0.5) is 0 Å². The van der Waals surface area contributed by atoms with Crippen molar-refractivity contribution in [3.63, 3.8) is 0 Å². The number of carbonyl (C=O) groups is 2. The SMILES string of the molecule is CC(C)C[C@H](NC(=O)c1csc(-c2cnccn2)n1)C(=O)O. The molecular formula is C14H16N4O3S. The summed E-state index contributed by atoms with van der Waals surface area (Å²) in [5, 5.41) is 13.8. The summed E-state index contributed by atoms with van der Waals surface area (Å²) < 4.78 is 0. The van der Waals surface area contributed by atoms with E-state index in [2.05, 4.69) is 20.3 Å². The van der Waals surface area contributed by atoms with Crippen LogP contribution in [0.5, 0.6) is 0 Å². The molecule has 7 nitrogen and oxygen atoms in total. The molecule has 2 aromatic rings. The lowest BCUT2D eigenvalue weighted by Gasteiger charge is -2.15. The molecule has 0 aliphatic carbocycles. The molecule has 22 heavy (non-hydrogen) atoms. The summed E-state index contributed by atoms with van der Waals surface area (Å²) in [6.45, 7) is 3.80. The van der Waals surface area contributed by atoms with Gasteiger partial charge in [0.25, 0.3) is 5.91 Å². The smallest absolute Gasteiger partial charge is 0.326 e. The maximum absolute atomic E-state index is 12.1. The largest absolute Gasteiger partial charge is 0.480 e. The highest BCUT2D eigenvalue weighted by molar-refractivity contribution is 7.13. The van der Waals surface area contributed by atoms with Gasteiger partial charge in [0, 0.05) is 17.8 Å². The number of thiazole rings is 1. The van der Waals surface area contributed by atoms with Crippen molar-refractivity contribution < 1.29 is 14.7 Å². The normalized spacial score (nSPS) is 12.1. The molecule has 0 unspecified atom stereocenters. The number of hydrogen-bond donors (Lipinski definition) is 2. The first-order valence-electron chi connectivity index (χ1n) is 6.73. The van der Waals surface area contributed by atoms with Gasteiger partial charge in [-0.25, -0.2) is 9.78 Å². The topological polar surface area (TPSA) is 105 Å². The first kappa shape index (κ1) is 16.0. The molecule has 0 saturated heterocycles. The van der Waals surface area contributed by atoms with Crippen molar-refractivity contribution in [1.82, 2.24) is 20.3 Å². The van der Waals surface area contributed by atoms with Crippen molar-refractivity contribution in [3.05, 3.63) is 29.7 Å². The Balaban J connectivity index is 2.10. The Kier molecular flexibility index (Phi) is 5.16. The van der Waals surface area contributed by atoms with Crippen LogP contribution in [0.1, 0.15) is 30.8 Å². The van der Waals surface area contributed by atoms with Gasteiger partial charge in [-0.3, -0.25) is 14.8 Å². The highest BCUT2D eigenvalue weighted by atomic mass is 32.1. The molecule has 0 fully saturated rings. The molecule has 8 heteroatoms. The van der Waals surface area contributed by atoms with E-state index >= 15 is 0 Å². The maximum atomic E-state index is 12.1. The summed E-state index contributed by atoms with van der Waals surface area (Å²) in [4.78, 5) is 35.5. The predicted molar refractivity (Wildman–Crippen MR) is 81.5 cm³/mol. The number of hydrogen-bond acceptors (Lipinski definition) is 6. The lowest BCUT2D eigenvalue weighted by atomic mass is 10.0. The number of aromatic nitrogens is 3. The van der Waals surface area contributed by atoms with Crippen molar-refractivity contribution in [3.8, 4) is 10.7 Å². The summed E-state index contributed by atoms with van der Waals surface area (Å²) in [6.07, 6.45) is 5.01. The van der Waals surface area contributed by atoms with Crippen LogP contribution in [-0.4, -0.2) is 38.0 Å². The summed E-state index contributed by atoms with van der Waals surface area (Å²) in [5.74, 6) is -1.39. The van der Waals surface area contributed by atoms with E-state index in [0.29, 0.717) is 17.1 Å². The monoisotopic (exact) mass is 320 g/mol. The molecule has 0 aliphatic rings. The van der Waals surface area contributed by atoms with Crippen LogP contribution in [0.2, 0.25) is 0 Å². The van der Waals surface area contributed by atoms with Gasteiger partial charge in [0.2, 0.25) is 0 Å². The first-order chi connectivity index (χ1) is 10.5. The van der Waals surface area contributed by atoms with Gasteiger partial charge in [-0.2, -0.15) is 0 Å². The van der Waals surface area contributed by atoms with E-state index < -0.39 is 17.9 Å². The number of carboxylic acid groups (broad SMARTS) is 1. The van der Waals surface area contributed by atoms with E-state index in [9.17, 15) is 9.59 Å². The van der Waals surface area contributed by atoms with E-state index in [4.69, 9.17) is 5.11 Å². The quantitative estimate of drug-likeness (QED) is 0.841. The molecule has 1 amide bonds. The molecule has 1 atom stereocenters. The molecule has 116 valence electrons. The molecule has 2 heterocycles. The molecule has 2 N–H and O–H groups in total. The van der Waals surface area contributed by atoms with E-state index in [1.165, 1.54) is 11.3 Å². The number of amides is 1. The molecule has 0 spiro atoms. The molecule has 0 aromatic carbocycles. The second-order valence-electron chi connectivity index (χ2n) is 5.12. The van der Waals surface area contributed by atoms with Crippen LogP contribution in [0, 0.1) is 5.92 Å². The fourth-order valence-corrected chi connectivity index (χ4v) is 2.59. The van der Waals surface area contributed by atoms with Gasteiger partial charge >= 0.3 is 5.97 Å². The van der Waals surface area contributed by atoms with Crippen LogP contribution in [0.15, 0.2) is 24.0 Å². The van der Waals surface area contributed by atoms with E-state index in [0.717, 1.165) is 0 Å². The standard InChI is InChI=1S/C14H16N4O3S/c1-8(2)5-9(14(20)21)17-12(19)11-7-22-13(18-11)10-6-15-3-4-16-10/h3-4,6-9H,5H2,1-2H3,(H,17,19)(H,20,21)/t9-/m0/s1. The first-order valence-corrected chi connectivity index (χ1v) is 7.61. The molecule has 0 aliphatic heterocycles. The number of rotatable bonds is 6. The summed E-state index contributed by atoms with van der Waals surface area (Å²) in [6, 6.07) is -0.922. The summed E-state index contributed by atoms with van der Waals surface area (Å²) >= 11 is 1.26. The molecule has 0 saturated carbocycles. The van der Waals surface area contributed by atoms with Crippen LogP contribution >= 0.6 is 11.3 Å². The second-order valence-corrected chi connectivity index (χ2v) is 5.98. The number of carboxylic acids is 1. The van der Waals surface area contributed by atoms with Crippen molar-refractivity contribution in [2.75, 3.05) is 0 Å². The van der Waals surface area contributed by atoms with Crippen LogP contribution in [0.25, 0.3) is 10.7 Å². The van der Waals surface area contributed by atoms with Crippen molar-refractivity contribution in [1.29, 1.82) is 0 Å². The Hall–Kier alpha value is -2.35. The van der Waals surface area contributed by atoms with Gasteiger partial charge in [-0.05, 0) is 12.3 Å². The summed E-state index contributed by atoms with van der Waals surface area (Å²) in [5.41, 5.74) is 0.754. The Morgan fingerprint density at radius 3 is 2.73 bits per heavy atom. The van der Waals surface area contributed by atoms with Gasteiger partial charge in [-0.15, -0.1) is 11.3 Å². The summed E-state index contributed by atoms with van der Waals surface area (Å²) in [7, 11) is 0. The highest BCUT2D eigenvalue weighted by Crippen LogP contribution is 2.20. The molecule has 0 radical (unpaired) electrons. The van der Waals surface area contributed by atoms with Crippen LogP contribution in [0.3, 0.4) is 0 Å². The third-order valence-corrected chi connectivity index (χ3v) is 3.69. The average Bonchev–Trinajstić information content (AvgIpc) is 2.96. The van der Waals surface area contributed by atoms with Gasteiger partial charge in [0.05, 0.1) is 6.20 Å². The van der Waals surface area contributed by atoms with Gasteiger partial charge < -0.3 is 10.4 Å². The highest BCUT2D eigenvalue weighted by Gasteiger charge is 2.23. The number of nitrogens with one attached hydrogen (secondary N) is 1. The zero-order valence-electron chi connectivity index (χ0n) is 12.2. The molecule has 2 rings (SSSR count). The average molecular weight is 320 g/mol. The fraction of sp³-hybridized carbons (Fsp3) is 0.357. The Morgan fingerprint density at radius 2 is 2.14 bits per heavy atom. The molecule has 0 bridgehead atoms. The zero-order valence-corrected chi connectivity index (χ0v) is 13.0. The van der Waals surface area contributed by atoms with Crippen LogP contribution in [-0.2, 0) is 4.79 Å². The molecular weight excluding hydrogens is 304 g/mol. The maximum Gasteiger partial charge on any atom is 0.326 e. The third-order valence-electron chi connectivity index (χ3n) is 2.83. The van der Waals surface area contributed by atoms with Gasteiger partial charge in [0.15, 0.2) is 0 Å². The second kappa shape index (κ2) is 7.08. The lowest BCUT2D eigenvalue weighted by molar-refractivity contribution is -0.139. The van der Waals surface area contributed by atoms with Crippen LogP contribution < -0.4 is 5.32 Å². The number of carbonyl (C=O) groups excluding carboxylic acids is 1. The Bertz CT molecular complexity index is 657. The minimum atomic E-state index is -1.05. The Morgan fingerprint density at radius 1 is 1.36 bits per heavy atom. The Labute approximate surface area is 131 Å².